The lowest BCUT2D eigenvalue weighted by atomic mass is 10.2. The van der Waals surface area contributed by atoms with Crippen LogP contribution in [0.3, 0.4) is 0 Å². The summed E-state index contributed by atoms with van der Waals surface area (Å²) in [5.74, 6) is 2.53. The van der Waals surface area contributed by atoms with Gasteiger partial charge in [0.2, 0.25) is 0 Å². The summed E-state index contributed by atoms with van der Waals surface area (Å²) in [5.41, 5.74) is 1.04. The van der Waals surface area contributed by atoms with Gasteiger partial charge in [-0.25, -0.2) is 9.40 Å². The minimum atomic E-state index is -0.210. The first-order chi connectivity index (χ1) is 12.1. The van der Waals surface area contributed by atoms with Crippen LogP contribution in [0.5, 0.6) is 0 Å². The molecule has 0 bridgehead atoms. The van der Waals surface area contributed by atoms with E-state index in [2.05, 4.69) is 19.8 Å². The molecular weight excluding hydrogens is 341 g/mol. The van der Waals surface area contributed by atoms with Crippen LogP contribution >= 0.6 is 11.8 Å². The SMILES string of the molecule is CC1=NN(CN2CCN(c3ccc(F)cc3)CC2)C(=O)C2CSCN12. The monoisotopic (exact) mass is 363 g/mol. The molecule has 3 heterocycles. The normalized spacial score (nSPS) is 24.6. The van der Waals surface area contributed by atoms with E-state index in [1.54, 1.807) is 16.8 Å². The van der Waals surface area contributed by atoms with Crippen LogP contribution in [0.4, 0.5) is 10.1 Å². The smallest absolute Gasteiger partial charge is 0.267 e. The molecule has 0 saturated carbocycles. The van der Waals surface area contributed by atoms with Crippen molar-refractivity contribution >= 4 is 29.2 Å². The Hall–Kier alpha value is -1.80. The van der Waals surface area contributed by atoms with E-state index in [1.807, 2.05) is 19.1 Å². The summed E-state index contributed by atoms with van der Waals surface area (Å²) < 4.78 is 13.1. The van der Waals surface area contributed by atoms with E-state index in [0.29, 0.717) is 6.67 Å². The van der Waals surface area contributed by atoms with Crippen molar-refractivity contribution in [3.05, 3.63) is 30.1 Å². The van der Waals surface area contributed by atoms with E-state index >= 15 is 0 Å². The first-order valence-electron chi connectivity index (χ1n) is 8.55. The molecule has 1 unspecified atom stereocenters. The molecule has 1 amide bonds. The molecule has 0 aliphatic carbocycles. The van der Waals surface area contributed by atoms with Crippen molar-refractivity contribution in [1.29, 1.82) is 0 Å². The zero-order chi connectivity index (χ0) is 17.4. The minimum absolute atomic E-state index is 0.0528. The van der Waals surface area contributed by atoms with Gasteiger partial charge in [0, 0.05) is 37.6 Å². The van der Waals surface area contributed by atoms with Gasteiger partial charge in [0.05, 0.1) is 12.5 Å². The Bertz CT molecular complexity index is 674. The molecule has 2 saturated heterocycles. The van der Waals surface area contributed by atoms with Gasteiger partial charge >= 0.3 is 0 Å². The molecule has 1 atom stereocenters. The quantitative estimate of drug-likeness (QED) is 0.813. The number of amides is 1. The van der Waals surface area contributed by atoms with Crippen molar-refractivity contribution in [1.82, 2.24) is 14.8 Å². The number of thioether (sulfide) groups is 1. The summed E-state index contributed by atoms with van der Waals surface area (Å²) in [4.78, 5) is 19.2. The van der Waals surface area contributed by atoms with Crippen LogP contribution in [-0.4, -0.2) is 77.1 Å². The number of benzene rings is 1. The van der Waals surface area contributed by atoms with E-state index < -0.39 is 0 Å². The second-order valence-electron chi connectivity index (χ2n) is 6.59. The number of piperazine rings is 1. The summed E-state index contributed by atoms with van der Waals surface area (Å²) in [6, 6.07) is 6.58. The van der Waals surface area contributed by atoms with Gasteiger partial charge in [-0.2, -0.15) is 5.10 Å². The zero-order valence-electron chi connectivity index (χ0n) is 14.3. The molecule has 4 rings (SSSR count). The molecule has 0 radical (unpaired) electrons. The predicted octanol–water partition coefficient (Wildman–Crippen LogP) is 1.46. The average molecular weight is 363 g/mol. The molecule has 2 fully saturated rings. The Morgan fingerprint density at radius 1 is 1.20 bits per heavy atom. The maximum atomic E-state index is 13.1. The molecule has 3 aliphatic heterocycles. The highest BCUT2D eigenvalue weighted by molar-refractivity contribution is 7.99. The second-order valence-corrected chi connectivity index (χ2v) is 7.59. The molecular formula is C17H22FN5OS. The van der Waals surface area contributed by atoms with Gasteiger partial charge in [-0.05, 0) is 31.2 Å². The van der Waals surface area contributed by atoms with Crippen molar-refractivity contribution in [2.75, 3.05) is 49.4 Å². The van der Waals surface area contributed by atoms with Gasteiger partial charge in [-0.3, -0.25) is 9.69 Å². The highest BCUT2D eigenvalue weighted by Gasteiger charge is 2.39. The van der Waals surface area contributed by atoms with E-state index in [1.165, 1.54) is 12.1 Å². The van der Waals surface area contributed by atoms with E-state index in [9.17, 15) is 9.18 Å². The first-order valence-corrected chi connectivity index (χ1v) is 9.71. The van der Waals surface area contributed by atoms with Crippen LogP contribution in [0.15, 0.2) is 29.4 Å². The lowest BCUT2D eigenvalue weighted by molar-refractivity contribution is -0.138. The van der Waals surface area contributed by atoms with Gasteiger partial charge in [0.15, 0.2) is 0 Å². The molecule has 8 heteroatoms. The number of halogens is 1. The van der Waals surface area contributed by atoms with Crippen molar-refractivity contribution in [3.8, 4) is 0 Å². The fourth-order valence-electron chi connectivity index (χ4n) is 3.51. The van der Waals surface area contributed by atoms with Gasteiger partial charge in [-0.1, -0.05) is 0 Å². The van der Waals surface area contributed by atoms with Crippen molar-refractivity contribution in [3.63, 3.8) is 0 Å². The number of hydrogen-bond acceptors (Lipinski definition) is 6. The fourth-order valence-corrected chi connectivity index (χ4v) is 4.72. The number of amidine groups is 1. The summed E-state index contributed by atoms with van der Waals surface area (Å²) >= 11 is 1.78. The molecule has 0 aromatic heterocycles. The molecule has 0 spiro atoms. The van der Waals surface area contributed by atoms with Gasteiger partial charge in [-0.15, -0.1) is 11.8 Å². The summed E-state index contributed by atoms with van der Waals surface area (Å²) in [7, 11) is 0. The van der Waals surface area contributed by atoms with Crippen LogP contribution in [0, 0.1) is 5.82 Å². The molecule has 134 valence electrons. The molecule has 1 aromatic rings. The molecule has 0 N–H and O–H groups in total. The lowest BCUT2D eigenvalue weighted by Crippen LogP contribution is -2.56. The highest BCUT2D eigenvalue weighted by atomic mass is 32.2. The van der Waals surface area contributed by atoms with E-state index in [0.717, 1.165) is 49.3 Å². The number of hydrogen-bond donors (Lipinski definition) is 0. The first kappa shape index (κ1) is 16.7. The number of hydrazone groups is 1. The summed E-state index contributed by atoms with van der Waals surface area (Å²) in [6.45, 7) is 5.97. The van der Waals surface area contributed by atoms with Crippen LogP contribution in [0.1, 0.15) is 6.92 Å². The van der Waals surface area contributed by atoms with Crippen LogP contribution in [-0.2, 0) is 4.79 Å². The molecule has 6 nitrogen and oxygen atoms in total. The molecule has 25 heavy (non-hydrogen) atoms. The lowest BCUT2D eigenvalue weighted by Gasteiger charge is -2.40. The Morgan fingerprint density at radius 2 is 1.92 bits per heavy atom. The van der Waals surface area contributed by atoms with E-state index in [-0.39, 0.29) is 17.8 Å². The Balaban J connectivity index is 1.35. The molecule has 1 aromatic carbocycles. The van der Waals surface area contributed by atoms with Crippen LogP contribution in [0.2, 0.25) is 0 Å². The maximum absolute atomic E-state index is 13.1. The summed E-state index contributed by atoms with van der Waals surface area (Å²) in [5, 5.41) is 6.14. The Labute approximate surface area is 151 Å². The number of fused-ring (bicyclic) bond motifs is 1. The third-order valence-corrected chi connectivity index (χ3v) is 6.01. The fraction of sp³-hybridized carbons (Fsp3) is 0.529. The van der Waals surface area contributed by atoms with Crippen molar-refractivity contribution in [2.45, 2.75) is 13.0 Å². The van der Waals surface area contributed by atoms with Gasteiger partial charge in [0.1, 0.15) is 17.7 Å². The van der Waals surface area contributed by atoms with Crippen LogP contribution < -0.4 is 4.90 Å². The Morgan fingerprint density at radius 3 is 2.64 bits per heavy atom. The predicted molar refractivity (Wildman–Crippen MR) is 98.0 cm³/mol. The largest absolute Gasteiger partial charge is 0.369 e. The number of anilines is 1. The van der Waals surface area contributed by atoms with Crippen LogP contribution in [0.25, 0.3) is 0 Å². The maximum Gasteiger partial charge on any atom is 0.267 e. The van der Waals surface area contributed by atoms with Crippen molar-refractivity contribution in [2.24, 2.45) is 5.10 Å². The third kappa shape index (κ3) is 3.32. The third-order valence-electron chi connectivity index (χ3n) is 5.00. The van der Waals surface area contributed by atoms with Gasteiger partial charge in [0.25, 0.3) is 5.91 Å². The Kier molecular flexibility index (Phi) is 4.56. The van der Waals surface area contributed by atoms with Gasteiger partial charge < -0.3 is 9.80 Å². The van der Waals surface area contributed by atoms with E-state index in [4.69, 9.17) is 0 Å². The zero-order valence-corrected chi connectivity index (χ0v) is 15.1. The second kappa shape index (κ2) is 6.84. The number of carbonyl (C=O) groups is 1. The minimum Gasteiger partial charge on any atom is -0.369 e. The van der Waals surface area contributed by atoms with Crippen molar-refractivity contribution < 1.29 is 9.18 Å². The molecule has 3 aliphatic rings. The number of nitrogens with zero attached hydrogens (tertiary/aromatic N) is 5. The number of carbonyl (C=O) groups excluding carboxylic acids is 1. The summed E-state index contributed by atoms with van der Waals surface area (Å²) in [6.07, 6.45) is 0. The highest BCUT2D eigenvalue weighted by Crippen LogP contribution is 2.26. The standard InChI is InChI=1S/C17H22FN5OS/c1-13-19-23(17(24)16-10-25-12-22(13)16)11-20-6-8-21(9-7-20)15-4-2-14(18)3-5-15/h2-5,16H,6-12H2,1H3. The average Bonchev–Trinajstić information content (AvgIpc) is 3.12. The number of rotatable bonds is 3. The topological polar surface area (TPSA) is 42.4 Å².